The van der Waals surface area contributed by atoms with Gasteiger partial charge in [0.2, 0.25) is 29.5 Å². The van der Waals surface area contributed by atoms with Gasteiger partial charge in [-0.15, -0.1) is 0 Å². The average Bonchev–Trinajstić information content (AvgIpc) is 1.31. The van der Waals surface area contributed by atoms with E-state index in [-0.39, 0.29) is 141 Å². The van der Waals surface area contributed by atoms with Crippen LogP contribution in [0.25, 0.3) is 0 Å². The highest BCUT2D eigenvalue weighted by molar-refractivity contribution is 5.97. The van der Waals surface area contributed by atoms with E-state index in [1.807, 2.05) is 13.8 Å². The molecule has 0 saturated carbocycles. The van der Waals surface area contributed by atoms with Crippen molar-refractivity contribution in [2.75, 3.05) is 109 Å². The number of hydrogen-bond donors (Lipinski definition) is 9. The summed E-state index contributed by atoms with van der Waals surface area (Å²) in [6, 6.07) is 0.213. The number of carboxylic acid groups (broad SMARTS) is 5. The molecule has 2 saturated heterocycles. The van der Waals surface area contributed by atoms with E-state index < -0.39 is 138 Å². The molecule has 8 atom stereocenters. The van der Waals surface area contributed by atoms with Gasteiger partial charge in [0.15, 0.2) is 0 Å². The molecule has 0 radical (unpaired) electrons. The first-order valence-electron chi connectivity index (χ1n) is 31.5. The number of benzene rings is 1. The molecule has 0 spiro atoms. The van der Waals surface area contributed by atoms with Crippen molar-refractivity contribution in [3.8, 4) is 0 Å². The van der Waals surface area contributed by atoms with Crippen molar-refractivity contribution in [3.05, 3.63) is 56.3 Å². The number of nitrogens with one attached hydrogen (secondary N) is 6. The topological polar surface area (TPSA) is 458 Å². The average molecular weight is 1280 g/mol. The minimum absolute atomic E-state index is 0.00176. The Morgan fingerprint density at radius 3 is 1.63 bits per heavy atom. The lowest BCUT2D eigenvalue weighted by Gasteiger charge is -2.38. The molecule has 2 fully saturated rings. The minimum Gasteiger partial charge on any atom is -0.549 e. The monoisotopic (exact) mass is 1280 g/mol. The fourth-order valence-electron chi connectivity index (χ4n) is 11.2. The number of likely N-dealkylation sites (tertiary alicyclic amines) is 1. The zero-order valence-corrected chi connectivity index (χ0v) is 52.8. The Kier molecular flexibility index (Phi) is 32.4. The fourth-order valence-corrected chi connectivity index (χ4v) is 11.2. The quantitative estimate of drug-likeness (QED) is 0.0222. The summed E-state index contributed by atoms with van der Waals surface area (Å²) in [5.41, 5.74) is 10.0. The van der Waals surface area contributed by atoms with E-state index in [2.05, 4.69) is 31.9 Å². The lowest BCUT2D eigenvalue weighted by atomic mass is 9.95. The van der Waals surface area contributed by atoms with Crippen molar-refractivity contribution in [2.24, 2.45) is 23.3 Å². The van der Waals surface area contributed by atoms with E-state index in [1.54, 1.807) is 44.2 Å². The maximum absolute atomic E-state index is 14.5. The zero-order chi connectivity index (χ0) is 67.3. The van der Waals surface area contributed by atoms with E-state index >= 15 is 0 Å². The fraction of sp³-hybridized carbons (Fsp3) is 0.672. The summed E-state index contributed by atoms with van der Waals surface area (Å²) in [6.45, 7) is 6.18. The molecule has 2 heterocycles. The van der Waals surface area contributed by atoms with Crippen molar-refractivity contribution < 1.29 is 73.5 Å². The lowest BCUT2D eigenvalue weighted by molar-refractivity contribution is -0.313. The summed E-state index contributed by atoms with van der Waals surface area (Å²) in [5.74, 6) is -11.2. The molecule has 2 aliphatic rings. The van der Waals surface area contributed by atoms with Crippen molar-refractivity contribution in [3.63, 3.8) is 0 Å². The van der Waals surface area contributed by atoms with Gasteiger partial charge >= 0.3 is 5.97 Å². The van der Waals surface area contributed by atoms with Gasteiger partial charge in [-0.1, -0.05) is 64.4 Å². The van der Waals surface area contributed by atoms with Crippen LogP contribution in [0.3, 0.4) is 0 Å². The van der Waals surface area contributed by atoms with Crippen LogP contribution in [0, 0.1) is 11.8 Å². The standard InChI is InChI=1S/C61H97N13O17/c1-5-39(4)50(58(86)66-41(17-9-11-21-62)55(83)67-42(18-10-12-22-63)59(87)74-24-14-20-45(74)57(85)68-44(60(88)89)34-40-15-7-6-8-16-40)69-56(84)43(33-38(2)3)65-52-51(53(81)54(52)82)64-23-13-19-46(61(90)91)73-31-29-71(36-48(77)78)27-25-70(35-47(75)76)26-28-72(30-32-73)37-49(79)80/h6-8,15-16,38-39,41-46,50,64-65H,5,9-14,17-37,62-63H2,1-4H3,(H,66,86)(H,67,83)(H,68,85)(H,69,84)(H,75,76)(H,77,78)(H,79,80)(H,88,89)(H,90,91)/p-4/t39-,41-,42-,43-,44-,45-,46?,50-/m0/s1. The predicted octanol–water partition coefficient (Wildman–Crippen LogP) is -6.55. The summed E-state index contributed by atoms with van der Waals surface area (Å²) in [6.07, 6.45) is 3.01. The predicted molar refractivity (Wildman–Crippen MR) is 326 cm³/mol. The molecule has 508 valence electrons. The third-order valence-corrected chi connectivity index (χ3v) is 16.5. The maximum Gasteiger partial charge on any atom is 0.326 e. The van der Waals surface area contributed by atoms with Crippen LogP contribution in [0.5, 0.6) is 0 Å². The molecular weight excluding hydrogens is 1190 g/mol. The van der Waals surface area contributed by atoms with E-state index in [4.69, 9.17) is 11.5 Å². The number of aliphatic carboxylic acids is 5. The molecule has 2 aromatic carbocycles. The number of nitrogens with zero attached hydrogens (tertiary/aromatic N) is 5. The lowest BCUT2D eigenvalue weighted by Crippen LogP contribution is -2.60. The third-order valence-electron chi connectivity index (χ3n) is 16.5. The van der Waals surface area contributed by atoms with Crippen LogP contribution in [-0.2, 0) is 54.4 Å². The molecule has 0 bridgehead atoms. The second kappa shape index (κ2) is 38.9. The van der Waals surface area contributed by atoms with Crippen LogP contribution in [-0.4, -0.2) is 229 Å². The summed E-state index contributed by atoms with van der Waals surface area (Å²) >= 11 is 0. The summed E-state index contributed by atoms with van der Waals surface area (Å²) in [7, 11) is 0. The number of anilines is 2. The molecule has 2 aliphatic heterocycles. The van der Waals surface area contributed by atoms with Gasteiger partial charge in [-0.3, -0.25) is 53.2 Å². The van der Waals surface area contributed by atoms with Crippen LogP contribution in [0.2, 0.25) is 0 Å². The number of rotatable bonds is 39. The van der Waals surface area contributed by atoms with Crippen LogP contribution in [0.15, 0.2) is 39.9 Å². The third kappa shape index (κ3) is 25.2. The van der Waals surface area contributed by atoms with Gasteiger partial charge < -0.3 is 93.0 Å². The maximum atomic E-state index is 14.5. The molecule has 0 aromatic heterocycles. The van der Waals surface area contributed by atoms with Crippen molar-refractivity contribution in [1.29, 1.82) is 0 Å². The van der Waals surface area contributed by atoms with Gasteiger partial charge in [0, 0.05) is 97.5 Å². The van der Waals surface area contributed by atoms with Crippen molar-refractivity contribution in [2.45, 2.75) is 153 Å². The number of hydrogen-bond acceptors (Lipinski definition) is 24. The van der Waals surface area contributed by atoms with Gasteiger partial charge in [-0.05, 0) is 101 Å². The van der Waals surface area contributed by atoms with E-state index in [1.165, 1.54) is 24.5 Å². The second-order valence-corrected chi connectivity index (χ2v) is 24.0. The highest BCUT2D eigenvalue weighted by Crippen LogP contribution is 2.23. The number of nitrogens with two attached hydrogens (primary N) is 2. The highest BCUT2D eigenvalue weighted by Gasteiger charge is 2.40. The van der Waals surface area contributed by atoms with Crippen LogP contribution >= 0.6 is 0 Å². The SMILES string of the molecule is CC[C@H](C)[C@H](NC(=O)[C@H](CC(C)C)Nc1c(NCCCC(C(=O)[O-])N2CCN(CC(=O)[O-])CCN(CC(=O)[O-])CCN(CC(=O)[O-])CC2)c(=O)c1=O)C(=O)N[C@@H](CCCCN)C(=O)N[C@@H](CCCCN)C(=O)N1CCC[C@H]1C(=O)N[C@@H](Cc1ccccc1)C(=O)O. The Balaban J connectivity index is 1.50. The minimum atomic E-state index is -1.50. The molecule has 1 unspecified atom stereocenters. The Bertz CT molecular complexity index is 2770. The number of carbonyl (C=O) groups is 10. The number of unbranched alkanes of at least 4 members (excludes halogenated alkanes) is 2. The highest BCUT2D eigenvalue weighted by atomic mass is 16.4. The summed E-state index contributed by atoms with van der Waals surface area (Å²) < 4.78 is 0. The summed E-state index contributed by atoms with van der Waals surface area (Å²) in [4.78, 5) is 165. The summed E-state index contributed by atoms with van der Waals surface area (Å²) in [5, 5.41) is 74.5. The Labute approximate surface area is 530 Å². The van der Waals surface area contributed by atoms with E-state index in [0.29, 0.717) is 44.1 Å². The zero-order valence-electron chi connectivity index (χ0n) is 52.8. The number of carbonyl (C=O) groups excluding carboxylic acids is 9. The first-order valence-corrected chi connectivity index (χ1v) is 31.5. The van der Waals surface area contributed by atoms with Gasteiger partial charge in [-0.2, -0.15) is 0 Å². The molecule has 30 heteroatoms. The molecule has 4 rings (SSSR count). The van der Waals surface area contributed by atoms with Crippen LogP contribution < -0.4 is 74.7 Å². The first kappa shape index (κ1) is 75.8. The van der Waals surface area contributed by atoms with Crippen molar-refractivity contribution in [1.82, 2.24) is 45.8 Å². The molecule has 2 aromatic rings. The van der Waals surface area contributed by atoms with Gasteiger partial charge in [0.1, 0.15) is 47.6 Å². The largest absolute Gasteiger partial charge is 0.549 e. The van der Waals surface area contributed by atoms with Gasteiger partial charge in [-0.25, -0.2) is 4.79 Å². The Morgan fingerprint density at radius 1 is 0.604 bits per heavy atom. The van der Waals surface area contributed by atoms with Gasteiger partial charge in [0.05, 0.1) is 23.9 Å². The molecular formula is C61H93N13O17-4. The van der Waals surface area contributed by atoms with E-state index in [9.17, 15) is 83.1 Å². The first-order chi connectivity index (χ1) is 43.3. The molecule has 11 N–H and O–H groups in total. The van der Waals surface area contributed by atoms with E-state index in [0.717, 1.165) is 0 Å². The number of amides is 5. The molecule has 5 amide bonds. The molecule has 0 aliphatic carbocycles. The molecule has 91 heavy (non-hydrogen) atoms. The van der Waals surface area contributed by atoms with Crippen LogP contribution in [0.4, 0.5) is 11.4 Å². The smallest absolute Gasteiger partial charge is 0.326 e. The number of carboxylic acids is 5. The second-order valence-electron chi connectivity index (χ2n) is 24.0. The van der Waals surface area contributed by atoms with Gasteiger partial charge in [0.25, 0.3) is 10.9 Å². The normalized spacial score (nSPS) is 18.1. The van der Waals surface area contributed by atoms with Crippen molar-refractivity contribution >= 4 is 70.8 Å². The Morgan fingerprint density at radius 2 is 1.12 bits per heavy atom. The Hall–Kier alpha value is -7.64. The van der Waals surface area contributed by atoms with Crippen LogP contribution in [0.1, 0.15) is 110 Å². The molecule has 30 nitrogen and oxygen atoms in total.